The topological polar surface area (TPSA) is 102 Å². The maximum absolute atomic E-state index is 13.1. The Morgan fingerprint density at radius 1 is 0.938 bits per heavy atom. The van der Waals surface area contributed by atoms with Gasteiger partial charge in [0.2, 0.25) is 6.79 Å². The van der Waals surface area contributed by atoms with Crippen LogP contribution < -0.4 is 10.1 Å². The third kappa shape index (κ3) is 3.83. The van der Waals surface area contributed by atoms with Crippen LogP contribution >= 0.6 is 0 Å². The molecule has 2 N–H and O–H groups in total. The van der Waals surface area contributed by atoms with E-state index in [2.05, 4.69) is 11.9 Å². The summed E-state index contributed by atoms with van der Waals surface area (Å²) in [6.45, 7) is 4.78. The molecule has 0 amide bonds. The maximum atomic E-state index is 13.1. The summed E-state index contributed by atoms with van der Waals surface area (Å²) in [6, 6.07) is 16.2. The van der Waals surface area contributed by atoms with Crippen LogP contribution in [0.15, 0.2) is 72.8 Å². The number of benzene rings is 3. The van der Waals surface area contributed by atoms with Crippen molar-refractivity contribution in [2.24, 2.45) is 0 Å². The molecule has 0 bridgehead atoms. The molecular formula is C25H19NO6. The summed E-state index contributed by atoms with van der Waals surface area (Å²) in [6.07, 6.45) is 0. The minimum atomic E-state index is -0.541. The van der Waals surface area contributed by atoms with Crippen molar-refractivity contribution in [1.82, 2.24) is 0 Å². The number of nitrogens with one attached hydrogen (secondary N) is 1. The molecular weight excluding hydrogens is 410 g/mol. The summed E-state index contributed by atoms with van der Waals surface area (Å²) >= 11 is 0. The van der Waals surface area contributed by atoms with Gasteiger partial charge in [0.25, 0.3) is 0 Å². The summed E-state index contributed by atoms with van der Waals surface area (Å²) in [4.78, 5) is 37.4. The van der Waals surface area contributed by atoms with Gasteiger partial charge in [0.15, 0.2) is 11.6 Å². The zero-order valence-electron chi connectivity index (χ0n) is 17.2. The predicted molar refractivity (Wildman–Crippen MR) is 118 cm³/mol. The molecule has 0 unspecified atom stereocenters. The Balaban J connectivity index is 1.56. The molecule has 0 atom stereocenters. The van der Waals surface area contributed by atoms with E-state index in [1.807, 2.05) is 0 Å². The van der Waals surface area contributed by atoms with Crippen LogP contribution in [0.4, 0.5) is 11.4 Å². The largest absolute Gasteiger partial charge is 0.507 e. The molecule has 0 fully saturated rings. The monoisotopic (exact) mass is 429 g/mol. The highest BCUT2D eigenvalue weighted by Crippen LogP contribution is 2.38. The van der Waals surface area contributed by atoms with Gasteiger partial charge in [-0.2, -0.15) is 0 Å². The van der Waals surface area contributed by atoms with Crippen LogP contribution in [0.3, 0.4) is 0 Å². The van der Waals surface area contributed by atoms with Gasteiger partial charge in [-0.1, -0.05) is 30.8 Å². The summed E-state index contributed by atoms with van der Waals surface area (Å²) < 4.78 is 10.3. The van der Waals surface area contributed by atoms with Crippen LogP contribution in [-0.4, -0.2) is 29.4 Å². The fraction of sp³-hybridized carbons (Fsp3) is 0.0800. The van der Waals surface area contributed by atoms with Crippen LogP contribution in [-0.2, 0) is 9.53 Å². The Kier molecular flexibility index (Phi) is 5.47. The van der Waals surface area contributed by atoms with Gasteiger partial charge in [0, 0.05) is 22.4 Å². The van der Waals surface area contributed by atoms with E-state index in [4.69, 9.17) is 9.47 Å². The minimum Gasteiger partial charge on any atom is -0.507 e. The van der Waals surface area contributed by atoms with Crippen molar-refractivity contribution in [3.8, 4) is 11.5 Å². The zero-order chi connectivity index (χ0) is 22.8. The molecule has 0 saturated heterocycles. The van der Waals surface area contributed by atoms with E-state index < -0.39 is 11.8 Å². The van der Waals surface area contributed by atoms with E-state index >= 15 is 0 Å². The zero-order valence-corrected chi connectivity index (χ0v) is 17.2. The number of hydrogen-bond donors (Lipinski definition) is 2. The maximum Gasteiger partial charge on any atom is 0.335 e. The van der Waals surface area contributed by atoms with Crippen molar-refractivity contribution < 1.29 is 29.0 Å². The van der Waals surface area contributed by atoms with E-state index in [1.54, 1.807) is 61.5 Å². The van der Waals surface area contributed by atoms with Crippen LogP contribution in [0.5, 0.6) is 11.5 Å². The highest BCUT2D eigenvalue weighted by molar-refractivity contribution is 6.31. The smallest absolute Gasteiger partial charge is 0.335 e. The summed E-state index contributed by atoms with van der Waals surface area (Å²) in [5, 5.41) is 13.4. The molecule has 160 valence electrons. The Labute approximate surface area is 183 Å². The first-order chi connectivity index (χ1) is 15.4. The molecule has 4 rings (SSSR count). The number of fused-ring (bicyclic) bond motifs is 2. The summed E-state index contributed by atoms with van der Waals surface area (Å²) in [5.41, 5.74) is 1.98. The third-order valence-corrected chi connectivity index (χ3v) is 4.95. The van der Waals surface area contributed by atoms with Gasteiger partial charge in [0.1, 0.15) is 11.5 Å². The van der Waals surface area contributed by atoms with Crippen molar-refractivity contribution >= 4 is 28.9 Å². The second-order valence-corrected chi connectivity index (χ2v) is 7.21. The SMILES string of the molecule is C=C(C)C(=O)OCOc1ccc(Nc2ccc(O)c3c2C(=O)c2ccccc2C3=O)cc1. The molecule has 0 spiro atoms. The number of carbonyl (C=O) groups is 3. The summed E-state index contributed by atoms with van der Waals surface area (Å²) in [7, 11) is 0. The second-order valence-electron chi connectivity index (χ2n) is 7.21. The van der Waals surface area contributed by atoms with Crippen LogP contribution in [0.2, 0.25) is 0 Å². The molecule has 1 aliphatic rings. The summed E-state index contributed by atoms with van der Waals surface area (Å²) in [5.74, 6) is -1.05. The fourth-order valence-electron chi connectivity index (χ4n) is 3.37. The number of anilines is 2. The van der Waals surface area contributed by atoms with Gasteiger partial charge < -0.3 is 19.9 Å². The van der Waals surface area contributed by atoms with E-state index in [1.165, 1.54) is 6.07 Å². The third-order valence-electron chi connectivity index (χ3n) is 4.95. The fourth-order valence-corrected chi connectivity index (χ4v) is 3.37. The van der Waals surface area contributed by atoms with E-state index in [9.17, 15) is 19.5 Å². The molecule has 0 aliphatic heterocycles. The number of hydrogen-bond acceptors (Lipinski definition) is 7. The van der Waals surface area contributed by atoms with Gasteiger partial charge >= 0.3 is 5.97 Å². The molecule has 7 heteroatoms. The number of carbonyl (C=O) groups excluding carboxylic acids is 3. The number of aromatic hydroxyl groups is 1. The first-order valence-corrected chi connectivity index (χ1v) is 9.73. The lowest BCUT2D eigenvalue weighted by atomic mass is 9.82. The van der Waals surface area contributed by atoms with E-state index in [0.717, 1.165) is 0 Å². The normalized spacial score (nSPS) is 11.9. The van der Waals surface area contributed by atoms with Crippen LogP contribution in [0.1, 0.15) is 38.8 Å². The molecule has 0 saturated carbocycles. The number of rotatable bonds is 6. The van der Waals surface area contributed by atoms with Crippen LogP contribution in [0.25, 0.3) is 0 Å². The highest BCUT2D eigenvalue weighted by Gasteiger charge is 2.33. The van der Waals surface area contributed by atoms with Crippen molar-refractivity contribution in [3.63, 3.8) is 0 Å². The Bertz CT molecular complexity index is 1260. The van der Waals surface area contributed by atoms with Crippen molar-refractivity contribution in [2.45, 2.75) is 6.92 Å². The van der Waals surface area contributed by atoms with Gasteiger partial charge in [-0.25, -0.2) is 4.79 Å². The van der Waals surface area contributed by atoms with Gasteiger partial charge in [-0.05, 0) is 43.3 Å². The quantitative estimate of drug-likeness (QED) is 0.203. The molecule has 32 heavy (non-hydrogen) atoms. The van der Waals surface area contributed by atoms with Gasteiger partial charge in [-0.15, -0.1) is 0 Å². The Morgan fingerprint density at radius 2 is 1.56 bits per heavy atom. The molecule has 0 aromatic heterocycles. The molecule has 0 radical (unpaired) electrons. The number of phenols is 1. The van der Waals surface area contributed by atoms with E-state index in [-0.39, 0.29) is 40.6 Å². The minimum absolute atomic E-state index is 0.0158. The average Bonchev–Trinajstić information content (AvgIpc) is 2.79. The molecule has 7 nitrogen and oxygen atoms in total. The van der Waals surface area contributed by atoms with Gasteiger partial charge in [0.05, 0.1) is 16.8 Å². The van der Waals surface area contributed by atoms with E-state index in [0.29, 0.717) is 22.7 Å². The second kappa shape index (κ2) is 8.39. The number of phenolic OH excluding ortho intramolecular Hbond substituents is 1. The molecule has 0 heterocycles. The Hall–Kier alpha value is -4.39. The lowest BCUT2D eigenvalue weighted by Gasteiger charge is -2.21. The first kappa shape index (κ1) is 20.9. The number of ketones is 2. The van der Waals surface area contributed by atoms with Crippen LogP contribution in [0, 0.1) is 0 Å². The van der Waals surface area contributed by atoms with Gasteiger partial charge in [-0.3, -0.25) is 9.59 Å². The molecule has 1 aliphatic carbocycles. The number of ether oxygens (including phenoxy) is 2. The standard InChI is InChI=1S/C25H19NO6/c1-14(2)25(30)32-13-31-16-9-7-15(8-10-16)26-19-11-12-20(27)22-21(19)23(28)17-5-3-4-6-18(17)24(22)29/h3-12,26-27H,1,13H2,2H3. The molecule has 3 aromatic rings. The number of esters is 1. The predicted octanol–water partition coefficient (Wildman–Crippen LogP) is 4.37. The average molecular weight is 429 g/mol. The molecule has 3 aromatic carbocycles. The van der Waals surface area contributed by atoms with Crippen molar-refractivity contribution in [3.05, 3.63) is 95.1 Å². The van der Waals surface area contributed by atoms with Crippen molar-refractivity contribution in [2.75, 3.05) is 12.1 Å². The lowest BCUT2D eigenvalue weighted by molar-refractivity contribution is -0.145. The first-order valence-electron chi connectivity index (χ1n) is 9.73. The lowest BCUT2D eigenvalue weighted by Crippen LogP contribution is -2.22. The Morgan fingerprint density at radius 3 is 2.19 bits per heavy atom. The highest BCUT2D eigenvalue weighted by atomic mass is 16.7. The van der Waals surface area contributed by atoms with Crippen molar-refractivity contribution in [1.29, 1.82) is 0 Å².